The summed E-state index contributed by atoms with van der Waals surface area (Å²) in [6, 6.07) is 7.72. The van der Waals surface area contributed by atoms with Crippen LogP contribution >= 0.6 is 22.6 Å². The summed E-state index contributed by atoms with van der Waals surface area (Å²) in [5, 5.41) is 2.97. The number of halogens is 1. The Bertz CT molecular complexity index is 749. The molecule has 0 spiro atoms. The fourth-order valence-corrected chi connectivity index (χ4v) is 4.28. The van der Waals surface area contributed by atoms with Crippen LogP contribution < -0.4 is 5.32 Å². The second kappa shape index (κ2) is 8.39. The third kappa shape index (κ3) is 4.85. The molecule has 2 saturated heterocycles. The summed E-state index contributed by atoms with van der Waals surface area (Å²) in [5.41, 5.74) is 0.544. The second-order valence-electron chi connectivity index (χ2n) is 8.67. The molecule has 1 aromatic rings. The topological polar surface area (TPSA) is 69.7 Å². The Morgan fingerprint density at radius 1 is 1.07 bits per heavy atom. The summed E-state index contributed by atoms with van der Waals surface area (Å²) in [5.74, 6) is -0.221. The zero-order chi connectivity index (χ0) is 20.5. The first-order valence-electron chi connectivity index (χ1n) is 9.81. The van der Waals surface area contributed by atoms with Crippen molar-refractivity contribution in [2.24, 2.45) is 11.8 Å². The number of likely N-dealkylation sites (tertiary alicyclic amines) is 2. The Hall–Kier alpha value is -1.64. The molecule has 1 N–H and O–H groups in total. The van der Waals surface area contributed by atoms with Crippen LogP contribution in [0.1, 0.15) is 40.0 Å². The first-order valence-corrected chi connectivity index (χ1v) is 10.9. The molecular weight excluding hydrogens is 469 g/mol. The van der Waals surface area contributed by atoms with Crippen molar-refractivity contribution in [2.75, 3.05) is 25.0 Å². The molecule has 0 saturated carbocycles. The van der Waals surface area contributed by atoms with Gasteiger partial charge in [-0.2, -0.15) is 0 Å². The van der Waals surface area contributed by atoms with Gasteiger partial charge in [0.05, 0.1) is 5.92 Å². The number of rotatable bonds is 3. The lowest BCUT2D eigenvalue weighted by atomic mass is 9.94. The molecule has 152 valence electrons. The van der Waals surface area contributed by atoms with Gasteiger partial charge in [-0.3, -0.25) is 14.4 Å². The van der Waals surface area contributed by atoms with Gasteiger partial charge in [0.2, 0.25) is 17.7 Å². The monoisotopic (exact) mass is 497 g/mol. The average Bonchev–Trinajstić information content (AvgIpc) is 3.05. The molecule has 6 nitrogen and oxygen atoms in total. The third-order valence-electron chi connectivity index (χ3n) is 5.57. The zero-order valence-electron chi connectivity index (χ0n) is 16.7. The van der Waals surface area contributed by atoms with Crippen LogP contribution in [0.4, 0.5) is 5.69 Å². The van der Waals surface area contributed by atoms with Crippen molar-refractivity contribution in [1.29, 1.82) is 0 Å². The standard InChI is InChI=1S/C21H28IN3O3/c1-21(2,3)25-13-15(12-18(25)26)20(28)24-10-8-14(9-11-24)19(27)23-17-6-4-16(22)5-7-17/h4-7,14-15H,8-13H2,1-3H3,(H,23,27). The van der Waals surface area contributed by atoms with Crippen LogP contribution in [0.3, 0.4) is 0 Å². The molecule has 0 aliphatic carbocycles. The largest absolute Gasteiger partial charge is 0.342 e. The lowest BCUT2D eigenvalue weighted by Gasteiger charge is -2.34. The summed E-state index contributed by atoms with van der Waals surface area (Å²) < 4.78 is 1.12. The van der Waals surface area contributed by atoms with E-state index in [2.05, 4.69) is 27.9 Å². The Balaban J connectivity index is 1.51. The van der Waals surface area contributed by atoms with Gasteiger partial charge in [0.1, 0.15) is 0 Å². The van der Waals surface area contributed by atoms with Crippen LogP contribution in [0.15, 0.2) is 24.3 Å². The van der Waals surface area contributed by atoms with Crippen LogP contribution in [0.2, 0.25) is 0 Å². The van der Waals surface area contributed by atoms with Crippen molar-refractivity contribution < 1.29 is 14.4 Å². The van der Waals surface area contributed by atoms with Crippen molar-refractivity contribution in [3.8, 4) is 0 Å². The molecule has 1 unspecified atom stereocenters. The summed E-state index contributed by atoms with van der Waals surface area (Å²) in [6.07, 6.45) is 1.61. The lowest BCUT2D eigenvalue weighted by molar-refractivity contribution is -0.138. The van der Waals surface area contributed by atoms with Crippen LogP contribution in [0.5, 0.6) is 0 Å². The van der Waals surface area contributed by atoms with Crippen LogP contribution in [-0.2, 0) is 14.4 Å². The van der Waals surface area contributed by atoms with Gasteiger partial charge in [-0.1, -0.05) is 0 Å². The molecule has 2 heterocycles. The Kier molecular flexibility index (Phi) is 6.31. The number of piperidine rings is 1. The molecule has 2 aliphatic rings. The zero-order valence-corrected chi connectivity index (χ0v) is 18.9. The SMILES string of the molecule is CC(C)(C)N1CC(C(=O)N2CCC(C(=O)Nc3ccc(I)cc3)CC2)CC1=O. The van der Waals surface area contributed by atoms with Crippen LogP contribution in [-0.4, -0.2) is 52.7 Å². The molecule has 0 radical (unpaired) electrons. The van der Waals surface area contributed by atoms with E-state index in [0.29, 0.717) is 38.9 Å². The quantitative estimate of drug-likeness (QED) is 0.653. The molecule has 1 aromatic carbocycles. The molecule has 2 fully saturated rings. The molecule has 0 bridgehead atoms. The predicted octanol–water partition coefficient (Wildman–Crippen LogP) is 3.12. The van der Waals surface area contributed by atoms with E-state index in [-0.39, 0.29) is 35.1 Å². The first kappa shape index (κ1) is 21.1. The molecule has 1 atom stereocenters. The van der Waals surface area contributed by atoms with Crippen molar-refractivity contribution in [1.82, 2.24) is 9.80 Å². The van der Waals surface area contributed by atoms with Gasteiger partial charge in [0.25, 0.3) is 0 Å². The number of nitrogens with zero attached hydrogens (tertiary/aromatic N) is 2. The molecular formula is C21H28IN3O3. The number of hydrogen-bond donors (Lipinski definition) is 1. The minimum absolute atomic E-state index is 0.0169. The van der Waals surface area contributed by atoms with E-state index in [9.17, 15) is 14.4 Å². The number of benzene rings is 1. The number of carbonyl (C=O) groups excluding carboxylic acids is 3. The van der Waals surface area contributed by atoms with E-state index in [0.717, 1.165) is 9.26 Å². The second-order valence-corrected chi connectivity index (χ2v) is 9.92. The molecule has 0 aromatic heterocycles. The summed E-state index contributed by atoms with van der Waals surface area (Å²) in [4.78, 5) is 41.3. The highest BCUT2D eigenvalue weighted by Gasteiger charge is 2.41. The Labute approximate surface area is 180 Å². The third-order valence-corrected chi connectivity index (χ3v) is 6.29. The van der Waals surface area contributed by atoms with Gasteiger partial charge >= 0.3 is 0 Å². The summed E-state index contributed by atoms with van der Waals surface area (Å²) in [7, 11) is 0. The van der Waals surface area contributed by atoms with E-state index in [1.807, 2.05) is 49.9 Å². The Morgan fingerprint density at radius 3 is 2.21 bits per heavy atom. The van der Waals surface area contributed by atoms with Crippen molar-refractivity contribution in [3.05, 3.63) is 27.8 Å². The Morgan fingerprint density at radius 2 is 1.68 bits per heavy atom. The van der Waals surface area contributed by atoms with Gasteiger partial charge in [-0.25, -0.2) is 0 Å². The molecule has 28 heavy (non-hydrogen) atoms. The lowest BCUT2D eigenvalue weighted by Crippen LogP contribution is -2.46. The van der Waals surface area contributed by atoms with Crippen molar-refractivity contribution >= 4 is 46.0 Å². The van der Waals surface area contributed by atoms with Crippen molar-refractivity contribution in [2.45, 2.75) is 45.6 Å². The highest BCUT2D eigenvalue weighted by molar-refractivity contribution is 14.1. The van der Waals surface area contributed by atoms with Gasteiger partial charge in [0.15, 0.2) is 0 Å². The van der Waals surface area contributed by atoms with Crippen molar-refractivity contribution in [3.63, 3.8) is 0 Å². The number of carbonyl (C=O) groups is 3. The minimum atomic E-state index is -0.260. The highest BCUT2D eigenvalue weighted by Crippen LogP contribution is 2.29. The number of nitrogens with one attached hydrogen (secondary N) is 1. The maximum absolute atomic E-state index is 12.9. The van der Waals surface area contributed by atoms with E-state index in [1.54, 1.807) is 4.90 Å². The number of amides is 3. The molecule has 7 heteroatoms. The average molecular weight is 497 g/mol. The minimum Gasteiger partial charge on any atom is -0.342 e. The normalized spacial score (nSPS) is 21.1. The predicted molar refractivity (Wildman–Crippen MR) is 117 cm³/mol. The fourth-order valence-electron chi connectivity index (χ4n) is 3.92. The van der Waals surface area contributed by atoms with Crippen LogP contribution in [0.25, 0.3) is 0 Å². The molecule has 3 rings (SSSR count). The summed E-state index contributed by atoms with van der Waals surface area (Å²) >= 11 is 2.23. The first-order chi connectivity index (χ1) is 13.1. The van der Waals surface area contributed by atoms with Gasteiger partial charge in [-0.05, 0) is 80.5 Å². The van der Waals surface area contributed by atoms with Crippen LogP contribution in [0, 0.1) is 15.4 Å². The maximum Gasteiger partial charge on any atom is 0.227 e. The highest BCUT2D eigenvalue weighted by atomic mass is 127. The van der Waals surface area contributed by atoms with E-state index in [1.165, 1.54) is 0 Å². The van der Waals surface area contributed by atoms with Gasteiger partial charge < -0.3 is 15.1 Å². The smallest absolute Gasteiger partial charge is 0.227 e. The molecule has 3 amide bonds. The maximum atomic E-state index is 12.9. The fraction of sp³-hybridized carbons (Fsp3) is 0.571. The van der Waals surface area contributed by atoms with Gasteiger partial charge in [0, 0.05) is 46.8 Å². The molecule has 2 aliphatic heterocycles. The van der Waals surface area contributed by atoms with E-state index >= 15 is 0 Å². The number of hydrogen-bond acceptors (Lipinski definition) is 3. The summed E-state index contributed by atoms with van der Waals surface area (Å²) in [6.45, 7) is 7.63. The van der Waals surface area contributed by atoms with E-state index in [4.69, 9.17) is 0 Å². The van der Waals surface area contributed by atoms with E-state index < -0.39 is 0 Å². The van der Waals surface area contributed by atoms with Gasteiger partial charge in [-0.15, -0.1) is 0 Å². The number of anilines is 1.